The lowest BCUT2D eigenvalue weighted by atomic mass is 9.93. The average Bonchev–Trinajstić information content (AvgIpc) is 2.52. The largest absolute Gasteiger partial charge is 0.249 e. The number of allylic oxidation sites excluding steroid dienone is 5. The Bertz CT molecular complexity index is 628. The average molecular weight is 329 g/mol. The highest BCUT2D eigenvalue weighted by atomic mass is 32.2. The maximum atomic E-state index is 4.48. The number of aryl methyl sites for hydroxylation is 1. The molecule has 0 aliphatic heterocycles. The van der Waals surface area contributed by atoms with Crippen LogP contribution in [-0.4, -0.2) is 10.8 Å². The Labute approximate surface area is 140 Å². The molecule has 0 saturated carbocycles. The second-order valence-electron chi connectivity index (χ2n) is 5.66. The van der Waals surface area contributed by atoms with E-state index in [1.165, 1.54) is 48.0 Å². The molecule has 0 aromatic carbocycles. The molecule has 3 heteroatoms. The lowest BCUT2D eigenvalue weighted by Gasteiger charge is -2.14. The molecule has 116 valence electrons. The third-order valence-electron chi connectivity index (χ3n) is 4.07. The Morgan fingerprint density at radius 3 is 2.82 bits per heavy atom. The van der Waals surface area contributed by atoms with Crippen LogP contribution in [0.4, 0.5) is 0 Å². The van der Waals surface area contributed by atoms with Crippen LogP contribution in [0.3, 0.4) is 0 Å². The lowest BCUT2D eigenvalue weighted by Crippen LogP contribution is -1.97. The summed E-state index contributed by atoms with van der Waals surface area (Å²) in [4.78, 5) is 5.45. The highest BCUT2D eigenvalue weighted by Crippen LogP contribution is 2.29. The predicted octanol–water partition coefficient (Wildman–Crippen LogP) is 5.93. The molecule has 22 heavy (non-hydrogen) atoms. The predicted molar refractivity (Wildman–Crippen MR) is 102 cm³/mol. The molecule has 1 heterocycles. The Morgan fingerprint density at radius 2 is 2.09 bits per heavy atom. The molecule has 0 unspecified atom stereocenters. The van der Waals surface area contributed by atoms with Crippen molar-refractivity contribution in [1.29, 1.82) is 0 Å². The quantitative estimate of drug-likeness (QED) is 0.454. The zero-order valence-electron chi connectivity index (χ0n) is 13.5. The fraction of sp³-hybridized carbons (Fsp3) is 0.368. The van der Waals surface area contributed by atoms with Gasteiger partial charge in [-0.3, -0.25) is 0 Å². The molecule has 1 nitrogen and oxygen atoms in total. The molecule has 1 aliphatic rings. The molecule has 1 aromatic heterocycles. The van der Waals surface area contributed by atoms with Gasteiger partial charge in [0.05, 0.1) is 0 Å². The van der Waals surface area contributed by atoms with Crippen molar-refractivity contribution in [2.45, 2.75) is 51.0 Å². The van der Waals surface area contributed by atoms with Crippen LogP contribution in [0.2, 0.25) is 0 Å². The molecule has 2 rings (SSSR count). The maximum Gasteiger partial charge on any atom is 0.104 e. The zero-order chi connectivity index (χ0) is 15.9. The van der Waals surface area contributed by atoms with E-state index in [4.69, 9.17) is 0 Å². The third kappa shape index (κ3) is 4.69. The molecule has 0 bridgehead atoms. The van der Waals surface area contributed by atoms with Gasteiger partial charge < -0.3 is 0 Å². The zero-order valence-corrected chi connectivity index (χ0v) is 15.3. The minimum absolute atomic E-state index is 0.970. The van der Waals surface area contributed by atoms with Crippen molar-refractivity contribution in [1.82, 2.24) is 4.98 Å². The highest BCUT2D eigenvalue weighted by molar-refractivity contribution is 8.04. The van der Waals surface area contributed by atoms with Gasteiger partial charge in [-0.15, -0.1) is 8.86 Å². The number of nitrogens with zero attached hydrogens (tertiary/aromatic N) is 1. The number of pyridine rings is 1. The summed E-state index contributed by atoms with van der Waals surface area (Å²) in [5.41, 5.74) is 5.69. The normalized spacial score (nSPS) is 14.3. The van der Waals surface area contributed by atoms with Crippen LogP contribution in [0, 0.1) is 6.92 Å². The molecular weight excluding hydrogens is 305 g/mol. The first-order chi connectivity index (χ1) is 10.6. The van der Waals surface area contributed by atoms with Gasteiger partial charge in [0.1, 0.15) is 5.03 Å². The minimum atomic E-state index is 0.970. The van der Waals surface area contributed by atoms with E-state index >= 15 is 0 Å². The molecule has 0 amide bonds. The van der Waals surface area contributed by atoms with Gasteiger partial charge in [-0.1, -0.05) is 36.1 Å². The van der Waals surface area contributed by atoms with E-state index in [1.807, 2.05) is 12.0 Å². The molecule has 0 saturated heterocycles. The Kier molecular flexibility index (Phi) is 6.67. The lowest BCUT2D eigenvalue weighted by molar-refractivity contribution is 0.791. The van der Waals surface area contributed by atoms with Crippen LogP contribution >= 0.6 is 20.6 Å². The minimum Gasteiger partial charge on any atom is -0.249 e. The highest BCUT2D eigenvalue weighted by Gasteiger charge is 2.08. The summed E-state index contributed by atoms with van der Waals surface area (Å²) < 4.78 is 0. The third-order valence-corrected chi connectivity index (χ3v) is 5.61. The first kappa shape index (κ1) is 17.2. The molecule has 1 aliphatic carbocycles. The Hall–Kier alpha value is -1.11. The summed E-state index contributed by atoms with van der Waals surface area (Å²) in [7, 11) is 3.37. The van der Waals surface area contributed by atoms with Gasteiger partial charge in [0.25, 0.3) is 0 Å². The Morgan fingerprint density at radius 1 is 1.32 bits per heavy atom. The van der Waals surface area contributed by atoms with Crippen molar-refractivity contribution in [3.05, 3.63) is 58.2 Å². The standard InChI is InChI=1S/C19H24NPS/c1-14-7-4-5-8-17(14)9-6-10-18-11-12-20-19(16(18)3)22-15(2)13-21/h7-8,11-13,21H,2,4-6,9-10H2,1,3H3. The van der Waals surface area contributed by atoms with Crippen LogP contribution in [0.1, 0.15) is 43.7 Å². The molecule has 0 spiro atoms. The van der Waals surface area contributed by atoms with Gasteiger partial charge in [0.15, 0.2) is 0 Å². The maximum absolute atomic E-state index is 4.48. The van der Waals surface area contributed by atoms with Crippen LogP contribution < -0.4 is 0 Å². The van der Waals surface area contributed by atoms with E-state index in [2.05, 4.69) is 52.5 Å². The second-order valence-corrected chi connectivity index (χ2v) is 7.06. The molecule has 0 fully saturated rings. The van der Waals surface area contributed by atoms with E-state index in [0.29, 0.717) is 0 Å². The fourth-order valence-corrected chi connectivity index (χ4v) is 3.58. The smallest absolute Gasteiger partial charge is 0.104 e. The van der Waals surface area contributed by atoms with Crippen molar-refractivity contribution in [3.63, 3.8) is 0 Å². The number of rotatable bonds is 7. The van der Waals surface area contributed by atoms with Crippen molar-refractivity contribution in [2.75, 3.05) is 0 Å². The van der Waals surface area contributed by atoms with Gasteiger partial charge in [-0.25, -0.2) is 4.98 Å². The summed E-state index contributed by atoms with van der Waals surface area (Å²) in [6.45, 7) is 8.38. The fourth-order valence-electron chi connectivity index (χ4n) is 2.70. The summed E-state index contributed by atoms with van der Waals surface area (Å²) >= 11 is 1.62. The van der Waals surface area contributed by atoms with Crippen LogP contribution in [0.15, 0.2) is 52.1 Å². The van der Waals surface area contributed by atoms with Gasteiger partial charge in [0, 0.05) is 11.1 Å². The number of thioether (sulfide) groups is 1. The van der Waals surface area contributed by atoms with Gasteiger partial charge in [-0.2, -0.15) is 0 Å². The van der Waals surface area contributed by atoms with Gasteiger partial charge in [0.2, 0.25) is 0 Å². The SMILES string of the molecule is C=C(C=P)Sc1nccc(CCCC2=CCCC=C2C)c1C. The van der Waals surface area contributed by atoms with Gasteiger partial charge in [-0.05, 0) is 74.5 Å². The van der Waals surface area contributed by atoms with E-state index in [0.717, 1.165) is 16.4 Å². The van der Waals surface area contributed by atoms with Gasteiger partial charge >= 0.3 is 0 Å². The van der Waals surface area contributed by atoms with Crippen LogP contribution in [0.5, 0.6) is 0 Å². The number of hydrogen-bond donors (Lipinski definition) is 0. The van der Waals surface area contributed by atoms with Crippen LogP contribution in [0.25, 0.3) is 0 Å². The van der Waals surface area contributed by atoms with E-state index in [-0.39, 0.29) is 0 Å². The molecule has 0 atom stereocenters. The number of hydrogen-bond acceptors (Lipinski definition) is 2. The van der Waals surface area contributed by atoms with Crippen LogP contribution in [-0.2, 0) is 6.42 Å². The first-order valence-electron chi connectivity index (χ1n) is 7.79. The van der Waals surface area contributed by atoms with Crippen molar-refractivity contribution < 1.29 is 0 Å². The van der Waals surface area contributed by atoms with Crippen molar-refractivity contribution >= 4 is 26.4 Å². The Balaban J connectivity index is 1.97. The molecule has 0 radical (unpaired) electrons. The molecule has 1 aromatic rings. The van der Waals surface area contributed by atoms with E-state index < -0.39 is 0 Å². The summed E-state index contributed by atoms with van der Waals surface area (Å²) in [5.74, 6) is 1.84. The summed E-state index contributed by atoms with van der Waals surface area (Å²) in [5, 5.41) is 1.06. The second kappa shape index (κ2) is 8.50. The number of aromatic nitrogens is 1. The van der Waals surface area contributed by atoms with E-state index in [1.54, 1.807) is 11.8 Å². The van der Waals surface area contributed by atoms with Crippen molar-refractivity contribution in [3.8, 4) is 0 Å². The molecule has 0 N–H and O–H groups in total. The van der Waals surface area contributed by atoms with E-state index in [9.17, 15) is 0 Å². The monoisotopic (exact) mass is 329 g/mol. The van der Waals surface area contributed by atoms with Crippen molar-refractivity contribution in [2.24, 2.45) is 0 Å². The first-order valence-corrected chi connectivity index (χ1v) is 9.19. The molecular formula is C19H24NPS. The topological polar surface area (TPSA) is 12.9 Å². The summed E-state index contributed by atoms with van der Waals surface area (Å²) in [6, 6.07) is 2.15. The summed E-state index contributed by atoms with van der Waals surface area (Å²) in [6.07, 6.45) is 12.6.